The number of anilines is 1. The summed E-state index contributed by atoms with van der Waals surface area (Å²) in [7, 11) is 0. The molecule has 0 aliphatic rings. The van der Waals surface area contributed by atoms with Crippen molar-refractivity contribution in [2.45, 2.75) is 6.54 Å². The van der Waals surface area contributed by atoms with Crippen LogP contribution >= 0.6 is 61.7 Å². The highest BCUT2D eigenvalue weighted by atomic mass is 127. The van der Waals surface area contributed by atoms with Gasteiger partial charge in [-0.3, -0.25) is 0 Å². The van der Waals surface area contributed by atoms with E-state index in [0.29, 0.717) is 6.54 Å². The Labute approximate surface area is 138 Å². The second-order valence-corrected chi connectivity index (χ2v) is 6.63. The van der Waals surface area contributed by atoms with Crippen molar-refractivity contribution < 1.29 is 0 Å². The van der Waals surface area contributed by atoms with E-state index in [-0.39, 0.29) is 0 Å². The summed E-state index contributed by atoms with van der Waals surface area (Å²) in [6, 6.07) is 11.6. The fourth-order valence-corrected chi connectivity index (χ4v) is 3.29. The van der Waals surface area contributed by atoms with Crippen LogP contribution in [0.3, 0.4) is 0 Å². The Bertz CT molecular complexity index is 523. The van der Waals surface area contributed by atoms with E-state index >= 15 is 0 Å². The molecule has 94 valence electrons. The van der Waals surface area contributed by atoms with Crippen molar-refractivity contribution in [2.75, 3.05) is 5.32 Å². The second kappa shape index (κ2) is 6.46. The Morgan fingerprint density at radius 2 is 1.89 bits per heavy atom. The molecule has 18 heavy (non-hydrogen) atoms. The van der Waals surface area contributed by atoms with E-state index in [9.17, 15) is 0 Å². The van der Waals surface area contributed by atoms with E-state index in [1.165, 1.54) is 0 Å². The molecular formula is C13H9BrCl2IN. The standard InChI is InChI=1S/C13H9BrCl2IN/c14-9-2-1-8(11(16)5-9)7-18-13-4-3-10(15)6-12(13)17/h1-6,18H,7H2. The van der Waals surface area contributed by atoms with Gasteiger partial charge in [-0.15, -0.1) is 0 Å². The van der Waals surface area contributed by atoms with Crippen molar-refractivity contribution in [3.63, 3.8) is 0 Å². The molecule has 0 aliphatic carbocycles. The van der Waals surface area contributed by atoms with Gasteiger partial charge in [-0.1, -0.05) is 45.2 Å². The first-order valence-corrected chi connectivity index (χ1v) is 7.82. The summed E-state index contributed by atoms with van der Waals surface area (Å²) in [4.78, 5) is 0. The van der Waals surface area contributed by atoms with E-state index in [4.69, 9.17) is 23.2 Å². The summed E-state index contributed by atoms with van der Waals surface area (Å²) in [6.45, 7) is 0.684. The fraction of sp³-hybridized carbons (Fsp3) is 0.0769. The van der Waals surface area contributed by atoms with Gasteiger partial charge in [0.2, 0.25) is 0 Å². The molecule has 1 N–H and O–H groups in total. The maximum Gasteiger partial charge on any atom is 0.0479 e. The van der Waals surface area contributed by atoms with Gasteiger partial charge in [-0.2, -0.15) is 0 Å². The average Bonchev–Trinajstić information content (AvgIpc) is 2.30. The average molecular weight is 457 g/mol. The Kier molecular flexibility index (Phi) is 5.18. The van der Waals surface area contributed by atoms with E-state index in [2.05, 4.69) is 43.8 Å². The quantitative estimate of drug-likeness (QED) is 0.561. The molecule has 0 heterocycles. The monoisotopic (exact) mass is 455 g/mol. The van der Waals surface area contributed by atoms with Crippen molar-refractivity contribution in [1.29, 1.82) is 0 Å². The highest BCUT2D eigenvalue weighted by Crippen LogP contribution is 2.25. The van der Waals surface area contributed by atoms with Crippen LogP contribution in [-0.2, 0) is 6.54 Å². The lowest BCUT2D eigenvalue weighted by atomic mass is 10.2. The third kappa shape index (κ3) is 3.76. The number of hydrogen-bond acceptors (Lipinski definition) is 1. The lowest BCUT2D eigenvalue weighted by Gasteiger charge is -2.10. The van der Waals surface area contributed by atoms with Crippen molar-refractivity contribution >= 4 is 67.4 Å². The first-order chi connectivity index (χ1) is 8.56. The summed E-state index contributed by atoms with van der Waals surface area (Å²) in [5.74, 6) is 0. The molecule has 0 aromatic heterocycles. The van der Waals surface area contributed by atoms with Gasteiger partial charge < -0.3 is 5.32 Å². The van der Waals surface area contributed by atoms with Gasteiger partial charge in [0.25, 0.3) is 0 Å². The van der Waals surface area contributed by atoms with E-state index in [1.807, 2.05) is 36.4 Å². The number of halogens is 4. The van der Waals surface area contributed by atoms with Gasteiger partial charge in [0.15, 0.2) is 0 Å². The Hall–Kier alpha value is 0.0300. The van der Waals surface area contributed by atoms with Crippen LogP contribution in [0.5, 0.6) is 0 Å². The van der Waals surface area contributed by atoms with Crippen molar-refractivity contribution in [3.05, 3.63) is 60.0 Å². The molecule has 0 spiro atoms. The first kappa shape index (κ1) is 14.4. The second-order valence-electron chi connectivity index (χ2n) is 3.71. The van der Waals surface area contributed by atoms with Crippen LogP contribution in [0.25, 0.3) is 0 Å². The summed E-state index contributed by atoms with van der Waals surface area (Å²) < 4.78 is 2.07. The maximum atomic E-state index is 6.17. The third-order valence-electron chi connectivity index (χ3n) is 2.42. The molecule has 5 heteroatoms. The minimum absolute atomic E-state index is 0.684. The number of nitrogens with one attached hydrogen (secondary N) is 1. The topological polar surface area (TPSA) is 12.0 Å². The summed E-state index contributed by atoms with van der Waals surface area (Å²) in [5.41, 5.74) is 2.12. The van der Waals surface area contributed by atoms with E-state index < -0.39 is 0 Å². The third-order valence-corrected chi connectivity index (χ3v) is 4.39. The molecule has 0 atom stereocenters. The Morgan fingerprint density at radius 1 is 1.11 bits per heavy atom. The molecule has 0 aliphatic heterocycles. The molecule has 2 rings (SSSR count). The molecule has 0 saturated carbocycles. The molecule has 2 aromatic rings. The first-order valence-electron chi connectivity index (χ1n) is 5.19. The summed E-state index contributed by atoms with van der Waals surface area (Å²) >= 11 is 17.7. The molecule has 0 bridgehead atoms. The van der Waals surface area contributed by atoms with Crippen molar-refractivity contribution in [2.24, 2.45) is 0 Å². The molecule has 2 aromatic carbocycles. The lowest BCUT2D eigenvalue weighted by molar-refractivity contribution is 1.14. The molecule has 0 amide bonds. The zero-order valence-electron chi connectivity index (χ0n) is 9.18. The molecular weight excluding hydrogens is 448 g/mol. The lowest BCUT2D eigenvalue weighted by Crippen LogP contribution is -2.01. The van der Waals surface area contributed by atoms with Gasteiger partial charge in [0.1, 0.15) is 0 Å². The Morgan fingerprint density at radius 3 is 2.56 bits per heavy atom. The van der Waals surface area contributed by atoms with Gasteiger partial charge >= 0.3 is 0 Å². The van der Waals surface area contributed by atoms with E-state index in [0.717, 1.165) is 29.3 Å². The largest absolute Gasteiger partial charge is 0.380 e. The van der Waals surface area contributed by atoms with Crippen LogP contribution in [0, 0.1) is 3.57 Å². The molecule has 1 nitrogen and oxygen atoms in total. The summed E-state index contributed by atoms with van der Waals surface area (Å²) in [6.07, 6.45) is 0. The van der Waals surface area contributed by atoms with Gasteiger partial charge in [-0.25, -0.2) is 0 Å². The number of hydrogen-bond donors (Lipinski definition) is 1. The molecule has 0 radical (unpaired) electrons. The van der Waals surface area contributed by atoms with Crippen LogP contribution in [0.15, 0.2) is 40.9 Å². The van der Waals surface area contributed by atoms with Crippen LogP contribution in [0.1, 0.15) is 5.56 Å². The minimum atomic E-state index is 0.684. The van der Waals surface area contributed by atoms with Gasteiger partial charge in [0, 0.05) is 30.3 Å². The van der Waals surface area contributed by atoms with Gasteiger partial charge in [0.05, 0.1) is 0 Å². The molecule has 0 fully saturated rings. The van der Waals surface area contributed by atoms with Crippen LogP contribution < -0.4 is 5.32 Å². The normalized spacial score (nSPS) is 10.4. The van der Waals surface area contributed by atoms with Crippen LogP contribution in [-0.4, -0.2) is 0 Å². The molecule has 0 saturated heterocycles. The minimum Gasteiger partial charge on any atom is -0.380 e. The Balaban J connectivity index is 2.11. The van der Waals surface area contributed by atoms with Crippen LogP contribution in [0.2, 0.25) is 10.0 Å². The van der Waals surface area contributed by atoms with Crippen molar-refractivity contribution in [3.8, 4) is 0 Å². The zero-order valence-corrected chi connectivity index (χ0v) is 14.4. The predicted octanol–water partition coefficient (Wildman–Crippen LogP) is 5.97. The highest BCUT2D eigenvalue weighted by Gasteiger charge is 2.03. The smallest absolute Gasteiger partial charge is 0.0479 e. The van der Waals surface area contributed by atoms with E-state index in [1.54, 1.807) is 0 Å². The maximum absolute atomic E-state index is 6.17. The highest BCUT2D eigenvalue weighted by molar-refractivity contribution is 14.1. The predicted molar refractivity (Wildman–Crippen MR) is 90.6 cm³/mol. The molecule has 0 unspecified atom stereocenters. The number of rotatable bonds is 3. The zero-order chi connectivity index (χ0) is 13.1. The summed E-state index contributed by atoms with van der Waals surface area (Å²) in [5, 5.41) is 4.84. The number of benzene rings is 2. The SMILES string of the molecule is Clc1ccc(NCc2ccc(Br)cc2Cl)c(I)c1. The fourth-order valence-electron chi connectivity index (χ4n) is 1.49. The van der Waals surface area contributed by atoms with Gasteiger partial charge in [-0.05, 0) is 58.5 Å². The van der Waals surface area contributed by atoms with Crippen molar-refractivity contribution in [1.82, 2.24) is 0 Å². The van der Waals surface area contributed by atoms with Crippen LogP contribution in [0.4, 0.5) is 5.69 Å².